The summed E-state index contributed by atoms with van der Waals surface area (Å²) in [4.78, 5) is 38.4. The van der Waals surface area contributed by atoms with E-state index in [4.69, 9.17) is 0 Å². The molecule has 3 unspecified atom stereocenters. The van der Waals surface area contributed by atoms with E-state index >= 15 is 0 Å². The van der Waals surface area contributed by atoms with Crippen molar-refractivity contribution < 1.29 is 22.8 Å². The maximum atomic E-state index is 12.8. The molecule has 1 aliphatic carbocycles. The van der Waals surface area contributed by atoms with E-state index in [2.05, 4.69) is 10.6 Å². The highest BCUT2D eigenvalue weighted by molar-refractivity contribution is 7.91. The van der Waals surface area contributed by atoms with Crippen LogP contribution in [0.25, 0.3) is 0 Å². The third-order valence-electron chi connectivity index (χ3n) is 5.75. The summed E-state index contributed by atoms with van der Waals surface area (Å²) in [5, 5.41) is 5.49. The normalized spacial score (nSPS) is 37.4. The van der Waals surface area contributed by atoms with Gasteiger partial charge in [0.15, 0.2) is 9.84 Å². The van der Waals surface area contributed by atoms with Crippen LogP contribution in [0.4, 0.5) is 4.79 Å². The highest BCUT2D eigenvalue weighted by Crippen LogP contribution is 2.38. The molecule has 140 valence electrons. The van der Waals surface area contributed by atoms with Crippen LogP contribution in [-0.4, -0.2) is 60.3 Å². The fraction of sp³-hybridized carbons (Fsp3) is 0.812. The second kappa shape index (κ2) is 5.96. The standard InChI is InChI=1S/C16H25N3O5S/c1-11-5-3-4-6-16(11)13(21)19(14(22)18-16)9-12(20)17-15(2)7-8-25(23,24)10-15/h11H,3-10H2,1-2H3,(H,17,20)(H,18,22). The largest absolute Gasteiger partial charge is 0.348 e. The molecule has 2 N–H and O–H groups in total. The minimum absolute atomic E-state index is 0.0308. The van der Waals surface area contributed by atoms with Gasteiger partial charge in [0.25, 0.3) is 5.91 Å². The zero-order valence-corrected chi connectivity index (χ0v) is 15.4. The molecule has 25 heavy (non-hydrogen) atoms. The molecule has 3 rings (SSSR count). The number of carbonyl (C=O) groups excluding carboxylic acids is 3. The lowest BCUT2D eigenvalue weighted by molar-refractivity contribution is -0.137. The third-order valence-corrected chi connectivity index (χ3v) is 7.65. The Balaban J connectivity index is 1.68. The molecule has 0 bridgehead atoms. The molecule has 8 nitrogen and oxygen atoms in total. The Hall–Kier alpha value is -1.64. The van der Waals surface area contributed by atoms with E-state index in [9.17, 15) is 22.8 Å². The number of nitrogens with one attached hydrogen (secondary N) is 2. The second-order valence-electron chi connectivity index (χ2n) is 7.89. The molecule has 0 aromatic heterocycles. The van der Waals surface area contributed by atoms with E-state index in [1.54, 1.807) is 6.92 Å². The van der Waals surface area contributed by atoms with Gasteiger partial charge in [-0.2, -0.15) is 0 Å². The smallest absolute Gasteiger partial charge is 0.325 e. The van der Waals surface area contributed by atoms with E-state index < -0.39 is 32.9 Å². The van der Waals surface area contributed by atoms with Crippen LogP contribution in [0.3, 0.4) is 0 Å². The average molecular weight is 371 g/mol. The number of sulfone groups is 1. The molecule has 9 heteroatoms. The third kappa shape index (κ3) is 3.26. The van der Waals surface area contributed by atoms with Crippen molar-refractivity contribution in [3.8, 4) is 0 Å². The van der Waals surface area contributed by atoms with Gasteiger partial charge in [-0.1, -0.05) is 19.8 Å². The van der Waals surface area contributed by atoms with Gasteiger partial charge in [0.2, 0.25) is 5.91 Å². The Kier molecular flexibility index (Phi) is 4.33. The summed E-state index contributed by atoms with van der Waals surface area (Å²) in [6, 6.07) is -0.543. The van der Waals surface area contributed by atoms with Gasteiger partial charge in [-0.05, 0) is 32.1 Å². The number of hydrogen-bond acceptors (Lipinski definition) is 5. The Labute approximate surface area is 147 Å². The van der Waals surface area contributed by atoms with E-state index in [1.807, 2.05) is 6.92 Å². The summed E-state index contributed by atoms with van der Waals surface area (Å²) in [5.41, 5.74) is -1.73. The molecule has 0 aromatic rings. The lowest BCUT2D eigenvalue weighted by Crippen LogP contribution is -2.54. The first-order valence-electron chi connectivity index (χ1n) is 8.72. The van der Waals surface area contributed by atoms with E-state index in [0.717, 1.165) is 24.2 Å². The van der Waals surface area contributed by atoms with Gasteiger partial charge < -0.3 is 10.6 Å². The van der Waals surface area contributed by atoms with E-state index in [0.29, 0.717) is 12.8 Å². The lowest BCUT2D eigenvalue weighted by atomic mass is 9.73. The van der Waals surface area contributed by atoms with Gasteiger partial charge in [-0.3, -0.25) is 14.5 Å². The molecule has 1 saturated carbocycles. The molecule has 0 aromatic carbocycles. The highest BCUT2D eigenvalue weighted by Gasteiger charge is 2.55. The summed E-state index contributed by atoms with van der Waals surface area (Å²) in [6.45, 7) is 3.24. The zero-order valence-electron chi connectivity index (χ0n) is 14.6. The number of rotatable bonds is 3. The van der Waals surface area contributed by atoms with Crippen LogP contribution in [0.1, 0.15) is 46.0 Å². The Morgan fingerprint density at radius 2 is 2.04 bits per heavy atom. The topological polar surface area (TPSA) is 113 Å². The van der Waals surface area contributed by atoms with Crippen molar-refractivity contribution >= 4 is 27.7 Å². The molecular formula is C16H25N3O5S. The predicted molar refractivity (Wildman–Crippen MR) is 90.4 cm³/mol. The van der Waals surface area contributed by atoms with Crippen molar-refractivity contribution in [1.82, 2.24) is 15.5 Å². The molecule has 2 saturated heterocycles. The minimum atomic E-state index is -3.15. The second-order valence-corrected chi connectivity index (χ2v) is 10.1. The summed E-state index contributed by atoms with van der Waals surface area (Å²) < 4.78 is 23.3. The number of nitrogens with zero attached hydrogens (tertiary/aromatic N) is 1. The van der Waals surface area contributed by atoms with Crippen LogP contribution in [0.2, 0.25) is 0 Å². The monoisotopic (exact) mass is 371 g/mol. The summed E-state index contributed by atoms with van der Waals surface area (Å²) in [5.74, 6) is -0.906. The van der Waals surface area contributed by atoms with Gasteiger partial charge in [-0.25, -0.2) is 13.2 Å². The van der Waals surface area contributed by atoms with Crippen LogP contribution >= 0.6 is 0 Å². The first kappa shape index (κ1) is 18.2. The SMILES string of the molecule is CC1CCCCC12NC(=O)N(CC(=O)NC1(C)CCS(=O)(=O)C1)C2=O. The van der Waals surface area contributed by atoms with Crippen molar-refractivity contribution in [2.45, 2.75) is 57.0 Å². The number of hydrogen-bond donors (Lipinski definition) is 2. The van der Waals surface area contributed by atoms with Gasteiger partial charge in [0, 0.05) is 0 Å². The molecule has 0 radical (unpaired) electrons. The number of amides is 4. The van der Waals surface area contributed by atoms with Gasteiger partial charge >= 0.3 is 6.03 Å². The zero-order chi connectivity index (χ0) is 18.5. The minimum Gasteiger partial charge on any atom is -0.348 e. The van der Waals surface area contributed by atoms with Crippen LogP contribution in [0.15, 0.2) is 0 Å². The summed E-state index contributed by atoms with van der Waals surface area (Å²) in [7, 11) is -3.15. The van der Waals surface area contributed by atoms with Gasteiger partial charge in [0.05, 0.1) is 17.0 Å². The Bertz CT molecular complexity index is 721. The summed E-state index contributed by atoms with van der Waals surface area (Å²) >= 11 is 0. The first-order chi connectivity index (χ1) is 11.6. The molecular weight excluding hydrogens is 346 g/mol. The molecule has 3 fully saturated rings. The maximum Gasteiger partial charge on any atom is 0.325 e. The fourth-order valence-corrected chi connectivity index (χ4v) is 6.36. The summed E-state index contributed by atoms with van der Waals surface area (Å²) in [6.07, 6.45) is 3.68. The first-order valence-corrected chi connectivity index (χ1v) is 10.5. The predicted octanol–water partition coefficient (Wildman–Crippen LogP) is 0.181. The Morgan fingerprint density at radius 3 is 2.64 bits per heavy atom. The quantitative estimate of drug-likeness (QED) is 0.687. The molecule has 2 aliphatic heterocycles. The molecule has 4 amide bonds. The Morgan fingerprint density at radius 1 is 1.32 bits per heavy atom. The number of carbonyl (C=O) groups is 3. The van der Waals surface area contributed by atoms with E-state index in [-0.39, 0.29) is 29.9 Å². The van der Waals surface area contributed by atoms with Crippen molar-refractivity contribution in [1.29, 1.82) is 0 Å². The van der Waals surface area contributed by atoms with Crippen molar-refractivity contribution in [3.63, 3.8) is 0 Å². The fourth-order valence-electron chi connectivity index (χ4n) is 4.27. The van der Waals surface area contributed by atoms with Crippen molar-refractivity contribution in [2.75, 3.05) is 18.1 Å². The van der Waals surface area contributed by atoms with Crippen LogP contribution in [-0.2, 0) is 19.4 Å². The molecule has 1 spiro atoms. The van der Waals surface area contributed by atoms with Crippen molar-refractivity contribution in [3.05, 3.63) is 0 Å². The van der Waals surface area contributed by atoms with E-state index in [1.165, 1.54) is 0 Å². The van der Waals surface area contributed by atoms with Crippen LogP contribution in [0, 0.1) is 5.92 Å². The van der Waals surface area contributed by atoms with Crippen LogP contribution < -0.4 is 10.6 Å². The van der Waals surface area contributed by atoms with Gasteiger partial charge in [-0.15, -0.1) is 0 Å². The lowest BCUT2D eigenvalue weighted by Gasteiger charge is -2.36. The van der Waals surface area contributed by atoms with Crippen LogP contribution in [0.5, 0.6) is 0 Å². The van der Waals surface area contributed by atoms with Crippen molar-refractivity contribution in [2.24, 2.45) is 5.92 Å². The number of urea groups is 1. The molecule has 3 aliphatic rings. The highest BCUT2D eigenvalue weighted by atomic mass is 32.2. The number of imide groups is 1. The van der Waals surface area contributed by atoms with Gasteiger partial charge in [0.1, 0.15) is 12.1 Å². The maximum absolute atomic E-state index is 12.8. The molecule has 2 heterocycles. The average Bonchev–Trinajstić information content (AvgIpc) is 2.90. The molecule has 3 atom stereocenters.